The molecule has 0 saturated carbocycles. The number of pyridine rings is 1. The smallest absolute Gasteiger partial charge is 0.272 e. The highest BCUT2D eigenvalue weighted by Gasteiger charge is 2.16. The van der Waals surface area contributed by atoms with Crippen LogP contribution < -0.4 is 0 Å². The first-order valence-electron chi connectivity index (χ1n) is 4.94. The Labute approximate surface area is 105 Å². The average molecular weight is 256 g/mol. The molecule has 0 radical (unpaired) electrons. The van der Waals surface area contributed by atoms with E-state index in [1.54, 1.807) is 28.2 Å². The quantitative estimate of drug-likeness (QED) is 0.796. The van der Waals surface area contributed by atoms with E-state index in [-0.39, 0.29) is 23.2 Å². The van der Waals surface area contributed by atoms with Gasteiger partial charge in [-0.1, -0.05) is 11.6 Å². The molecule has 5 nitrogen and oxygen atoms in total. The Bertz CT molecular complexity index is 420. The van der Waals surface area contributed by atoms with Crippen molar-refractivity contribution >= 4 is 23.4 Å². The van der Waals surface area contributed by atoms with Crippen LogP contribution in [0, 0.1) is 0 Å². The number of carbonyl (C=O) groups excluding carboxylic acids is 2. The number of halogens is 1. The van der Waals surface area contributed by atoms with Gasteiger partial charge < -0.3 is 9.80 Å². The van der Waals surface area contributed by atoms with E-state index in [0.29, 0.717) is 5.02 Å². The second-order valence-electron chi connectivity index (χ2n) is 3.96. The van der Waals surface area contributed by atoms with Crippen molar-refractivity contribution in [3.63, 3.8) is 0 Å². The molecular weight excluding hydrogens is 242 g/mol. The fourth-order valence-corrected chi connectivity index (χ4v) is 1.38. The maximum Gasteiger partial charge on any atom is 0.272 e. The SMILES string of the molecule is CN(C)C(=O)c1cc(Cl)cc(C(=O)N(C)C)n1. The number of hydrogen-bond acceptors (Lipinski definition) is 3. The average Bonchev–Trinajstić information content (AvgIpc) is 2.25. The van der Waals surface area contributed by atoms with Gasteiger partial charge in [-0.3, -0.25) is 9.59 Å². The molecule has 1 heterocycles. The zero-order chi connectivity index (χ0) is 13.2. The number of nitrogens with zero attached hydrogens (tertiary/aromatic N) is 3. The molecule has 0 unspecified atom stereocenters. The standard InChI is InChI=1S/C11H14ClN3O2/c1-14(2)10(16)8-5-7(12)6-9(13-8)11(17)15(3)4/h5-6H,1-4H3. The minimum atomic E-state index is -0.291. The lowest BCUT2D eigenvalue weighted by Crippen LogP contribution is -2.26. The largest absolute Gasteiger partial charge is 0.343 e. The molecule has 0 saturated heterocycles. The van der Waals surface area contributed by atoms with Crippen LogP contribution >= 0.6 is 11.6 Å². The van der Waals surface area contributed by atoms with Gasteiger partial charge in [-0.2, -0.15) is 0 Å². The molecule has 0 atom stereocenters. The molecule has 1 aromatic heterocycles. The molecule has 0 fully saturated rings. The van der Waals surface area contributed by atoms with Crippen LogP contribution in [-0.4, -0.2) is 54.8 Å². The number of amides is 2. The molecule has 1 rings (SSSR count). The Balaban J connectivity index is 3.20. The van der Waals surface area contributed by atoms with Crippen LogP contribution in [0.5, 0.6) is 0 Å². The highest BCUT2D eigenvalue weighted by molar-refractivity contribution is 6.31. The summed E-state index contributed by atoms with van der Waals surface area (Å²) in [5.41, 5.74) is 0.320. The zero-order valence-corrected chi connectivity index (χ0v) is 10.9. The summed E-state index contributed by atoms with van der Waals surface area (Å²) in [6, 6.07) is 2.88. The van der Waals surface area contributed by atoms with Crippen molar-refractivity contribution in [2.75, 3.05) is 28.2 Å². The van der Waals surface area contributed by atoms with Gasteiger partial charge in [0.25, 0.3) is 11.8 Å². The summed E-state index contributed by atoms with van der Waals surface area (Å²) in [6.45, 7) is 0. The van der Waals surface area contributed by atoms with Crippen LogP contribution in [0.2, 0.25) is 5.02 Å². The first-order chi connectivity index (χ1) is 7.82. The van der Waals surface area contributed by atoms with E-state index in [0.717, 1.165) is 0 Å². The van der Waals surface area contributed by atoms with Gasteiger partial charge in [0, 0.05) is 33.2 Å². The van der Waals surface area contributed by atoms with E-state index in [1.165, 1.54) is 21.9 Å². The highest BCUT2D eigenvalue weighted by atomic mass is 35.5. The first-order valence-corrected chi connectivity index (χ1v) is 5.31. The summed E-state index contributed by atoms with van der Waals surface area (Å²) >= 11 is 5.87. The molecule has 92 valence electrons. The molecule has 2 amide bonds. The van der Waals surface area contributed by atoms with Gasteiger partial charge in [-0.15, -0.1) is 0 Å². The summed E-state index contributed by atoms with van der Waals surface area (Å²) in [5, 5.41) is 0.315. The van der Waals surface area contributed by atoms with Gasteiger partial charge in [0.1, 0.15) is 11.4 Å². The zero-order valence-electron chi connectivity index (χ0n) is 10.2. The van der Waals surface area contributed by atoms with Crippen molar-refractivity contribution in [1.82, 2.24) is 14.8 Å². The van der Waals surface area contributed by atoms with Gasteiger partial charge in [0.15, 0.2) is 0 Å². The Kier molecular flexibility index (Phi) is 4.07. The van der Waals surface area contributed by atoms with Crippen LogP contribution in [0.25, 0.3) is 0 Å². The second kappa shape index (κ2) is 5.14. The monoisotopic (exact) mass is 255 g/mol. The van der Waals surface area contributed by atoms with Crippen LogP contribution in [0.4, 0.5) is 0 Å². The molecule has 0 aliphatic rings. The lowest BCUT2D eigenvalue weighted by atomic mass is 10.2. The summed E-state index contributed by atoms with van der Waals surface area (Å²) < 4.78 is 0. The van der Waals surface area contributed by atoms with Gasteiger partial charge in [0.05, 0.1) is 0 Å². The van der Waals surface area contributed by atoms with E-state index < -0.39 is 0 Å². The minimum Gasteiger partial charge on any atom is -0.343 e. The van der Waals surface area contributed by atoms with Crippen molar-refractivity contribution in [3.8, 4) is 0 Å². The Hall–Kier alpha value is -1.62. The summed E-state index contributed by atoms with van der Waals surface area (Å²) in [5.74, 6) is -0.583. The highest BCUT2D eigenvalue weighted by Crippen LogP contribution is 2.14. The topological polar surface area (TPSA) is 53.5 Å². The third kappa shape index (κ3) is 3.17. The van der Waals surface area contributed by atoms with Gasteiger partial charge in [-0.05, 0) is 12.1 Å². The van der Waals surface area contributed by atoms with E-state index in [2.05, 4.69) is 4.98 Å². The van der Waals surface area contributed by atoms with Crippen LogP contribution in [0.1, 0.15) is 21.0 Å². The number of rotatable bonds is 2. The Morgan fingerprint density at radius 1 is 1.00 bits per heavy atom. The molecule has 0 aliphatic heterocycles. The van der Waals surface area contributed by atoms with Crippen molar-refractivity contribution in [1.29, 1.82) is 0 Å². The molecule has 17 heavy (non-hydrogen) atoms. The maximum atomic E-state index is 11.7. The van der Waals surface area contributed by atoms with E-state index in [1.807, 2.05) is 0 Å². The third-order valence-corrected chi connectivity index (χ3v) is 2.26. The lowest BCUT2D eigenvalue weighted by Gasteiger charge is -2.13. The molecule has 0 aromatic carbocycles. The normalized spacial score (nSPS) is 9.94. The van der Waals surface area contributed by atoms with E-state index in [9.17, 15) is 9.59 Å². The molecule has 6 heteroatoms. The minimum absolute atomic E-state index is 0.160. The first kappa shape index (κ1) is 13.4. The van der Waals surface area contributed by atoms with Gasteiger partial charge >= 0.3 is 0 Å². The summed E-state index contributed by atoms with van der Waals surface area (Å²) in [6.07, 6.45) is 0. The van der Waals surface area contributed by atoms with Crippen LogP contribution in [0.15, 0.2) is 12.1 Å². The number of hydrogen-bond donors (Lipinski definition) is 0. The van der Waals surface area contributed by atoms with E-state index >= 15 is 0 Å². The predicted molar refractivity (Wildman–Crippen MR) is 65.3 cm³/mol. The van der Waals surface area contributed by atoms with Gasteiger partial charge in [0.2, 0.25) is 0 Å². The summed E-state index contributed by atoms with van der Waals surface area (Å²) in [7, 11) is 6.44. The van der Waals surface area contributed by atoms with E-state index in [4.69, 9.17) is 11.6 Å². The van der Waals surface area contributed by atoms with Crippen LogP contribution in [0.3, 0.4) is 0 Å². The third-order valence-electron chi connectivity index (χ3n) is 2.04. The van der Waals surface area contributed by atoms with Gasteiger partial charge in [-0.25, -0.2) is 4.98 Å². The number of carbonyl (C=O) groups is 2. The molecular formula is C11H14ClN3O2. The Morgan fingerprint density at radius 3 is 1.65 bits per heavy atom. The molecule has 1 aromatic rings. The summed E-state index contributed by atoms with van der Waals surface area (Å²) in [4.78, 5) is 30.2. The fraction of sp³-hybridized carbons (Fsp3) is 0.364. The predicted octanol–water partition coefficient (Wildman–Crippen LogP) is 1.14. The van der Waals surface area contributed by atoms with Crippen molar-refractivity contribution in [2.24, 2.45) is 0 Å². The molecule has 0 spiro atoms. The molecule has 0 aliphatic carbocycles. The number of aromatic nitrogens is 1. The van der Waals surface area contributed by atoms with Crippen molar-refractivity contribution in [3.05, 3.63) is 28.5 Å². The van der Waals surface area contributed by atoms with Crippen molar-refractivity contribution < 1.29 is 9.59 Å². The van der Waals surface area contributed by atoms with Crippen molar-refractivity contribution in [2.45, 2.75) is 0 Å². The molecule has 0 N–H and O–H groups in total. The second-order valence-corrected chi connectivity index (χ2v) is 4.39. The fourth-order valence-electron chi connectivity index (χ4n) is 1.17. The Morgan fingerprint density at radius 2 is 1.35 bits per heavy atom. The van der Waals surface area contributed by atoms with Crippen LogP contribution in [-0.2, 0) is 0 Å². The maximum absolute atomic E-state index is 11.7. The molecule has 0 bridgehead atoms. The lowest BCUT2D eigenvalue weighted by molar-refractivity contribution is 0.0815.